The van der Waals surface area contributed by atoms with E-state index < -0.39 is 17.5 Å². The Balaban J connectivity index is 1.61. The molecule has 0 spiro atoms. The molecule has 2 aromatic heterocycles. The lowest BCUT2D eigenvalue weighted by molar-refractivity contribution is -0.157. The van der Waals surface area contributed by atoms with Crippen LogP contribution in [-0.4, -0.2) is 40.4 Å². The van der Waals surface area contributed by atoms with Gasteiger partial charge in [-0.1, -0.05) is 6.92 Å². The van der Waals surface area contributed by atoms with E-state index in [0.29, 0.717) is 48.3 Å². The zero-order valence-corrected chi connectivity index (χ0v) is 19.8. The standard InChI is InChI=1S/C26H24FN3O6/c1-12-13-3-4-26(2,9-35-11-28-10-31)21-15-7-30-19(22(15)29-18(20(13)21)6-17(12)27)5-14-16(24(30)33)8-36-25(34)23(14)32/h5-6,10,23,32H,3-4,7-9,11H2,1-2H3,(H,28,31). The van der Waals surface area contributed by atoms with Gasteiger partial charge in [0.05, 0.1) is 35.6 Å². The van der Waals surface area contributed by atoms with E-state index in [2.05, 4.69) is 12.2 Å². The highest BCUT2D eigenvalue weighted by Crippen LogP contribution is 2.48. The zero-order valence-electron chi connectivity index (χ0n) is 19.8. The van der Waals surface area contributed by atoms with Crippen molar-refractivity contribution in [2.75, 3.05) is 13.3 Å². The van der Waals surface area contributed by atoms with Crippen LogP contribution in [0.1, 0.15) is 52.8 Å². The minimum Gasteiger partial charge on any atom is -0.458 e. The number of cyclic esters (lactones) is 1. The lowest BCUT2D eigenvalue weighted by Crippen LogP contribution is -2.35. The molecule has 2 aliphatic heterocycles. The number of aryl methyl sites for hydroxylation is 1. The number of carbonyl (C=O) groups is 2. The molecule has 1 amide bonds. The summed E-state index contributed by atoms with van der Waals surface area (Å²) >= 11 is 0. The molecule has 0 saturated heterocycles. The van der Waals surface area contributed by atoms with Crippen LogP contribution in [0.25, 0.3) is 22.3 Å². The number of rotatable bonds is 5. The van der Waals surface area contributed by atoms with Crippen molar-refractivity contribution in [3.05, 3.63) is 61.7 Å². The highest BCUT2D eigenvalue weighted by atomic mass is 19.1. The number of nitrogens with one attached hydrogen (secondary N) is 1. The van der Waals surface area contributed by atoms with Gasteiger partial charge < -0.3 is 24.5 Å². The minimum atomic E-state index is -1.55. The Hall–Kier alpha value is -3.63. The van der Waals surface area contributed by atoms with E-state index in [-0.39, 0.29) is 42.4 Å². The van der Waals surface area contributed by atoms with Crippen LogP contribution in [-0.2, 0) is 44.1 Å². The third-order valence-electron chi connectivity index (χ3n) is 7.79. The first-order valence-corrected chi connectivity index (χ1v) is 11.8. The van der Waals surface area contributed by atoms with Crippen molar-refractivity contribution in [3.63, 3.8) is 0 Å². The normalized spacial score (nSPS) is 21.6. The molecule has 0 fully saturated rings. The number of hydrogen-bond donors (Lipinski definition) is 2. The molecule has 0 bridgehead atoms. The summed E-state index contributed by atoms with van der Waals surface area (Å²) in [5, 5.41) is 13.8. The van der Waals surface area contributed by atoms with Gasteiger partial charge in [-0.25, -0.2) is 14.2 Å². The van der Waals surface area contributed by atoms with Gasteiger partial charge in [-0.2, -0.15) is 0 Å². The van der Waals surface area contributed by atoms with Gasteiger partial charge in [-0.05, 0) is 42.5 Å². The quantitative estimate of drug-likeness (QED) is 0.189. The molecule has 9 nitrogen and oxygen atoms in total. The number of aromatic nitrogens is 2. The number of ether oxygens (including phenoxy) is 2. The number of halogens is 1. The predicted octanol–water partition coefficient (Wildman–Crippen LogP) is 1.89. The maximum Gasteiger partial charge on any atom is 0.340 e. The van der Waals surface area contributed by atoms with E-state index >= 15 is 0 Å². The van der Waals surface area contributed by atoms with Crippen LogP contribution in [0.15, 0.2) is 16.9 Å². The van der Waals surface area contributed by atoms with E-state index in [0.717, 1.165) is 22.1 Å². The van der Waals surface area contributed by atoms with Crippen molar-refractivity contribution in [1.29, 1.82) is 0 Å². The molecule has 186 valence electrons. The van der Waals surface area contributed by atoms with Gasteiger partial charge in [0, 0.05) is 28.0 Å². The second kappa shape index (κ2) is 7.94. The summed E-state index contributed by atoms with van der Waals surface area (Å²) in [4.78, 5) is 40.9. The first-order chi connectivity index (χ1) is 17.2. The Bertz CT molecular complexity index is 1550. The Morgan fingerprint density at radius 3 is 2.92 bits per heavy atom. The van der Waals surface area contributed by atoms with Crippen molar-refractivity contribution < 1.29 is 28.6 Å². The molecule has 6 rings (SSSR count). The van der Waals surface area contributed by atoms with Gasteiger partial charge >= 0.3 is 5.97 Å². The largest absolute Gasteiger partial charge is 0.458 e. The van der Waals surface area contributed by atoms with Gasteiger partial charge in [0.1, 0.15) is 19.2 Å². The van der Waals surface area contributed by atoms with Gasteiger partial charge in [0.15, 0.2) is 6.10 Å². The molecule has 3 aliphatic rings. The molecule has 36 heavy (non-hydrogen) atoms. The van der Waals surface area contributed by atoms with Crippen LogP contribution in [0.5, 0.6) is 0 Å². The zero-order chi connectivity index (χ0) is 25.4. The van der Waals surface area contributed by atoms with Crippen molar-refractivity contribution in [3.8, 4) is 11.4 Å². The van der Waals surface area contributed by atoms with Crippen LogP contribution in [0.2, 0.25) is 0 Å². The van der Waals surface area contributed by atoms with Crippen molar-refractivity contribution in [2.45, 2.75) is 51.4 Å². The second-order valence-electron chi connectivity index (χ2n) is 9.91. The highest BCUT2D eigenvalue weighted by molar-refractivity contribution is 5.93. The fourth-order valence-corrected chi connectivity index (χ4v) is 5.95. The summed E-state index contributed by atoms with van der Waals surface area (Å²) in [6.45, 7) is 4.24. The van der Waals surface area contributed by atoms with E-state index in [1.807, 2.05) is 0 Å². The Morgan fingerprint density at radius 1 is 1.33 bits per heavy atom. The number of benzene rings is 1. The monoisotopic (exact) mass is 493 g/mol. The number of hydrogen-bond acceptors (Lipinski definition) is 7. The second-order valence-corrected chi connectivity index (χ2v) is 9.91. The molecule has 2 N–H and O–H groups in total. The van der Waals surface area contributed by atoms with Gasteiger partial charge in [0.2, 0.25) is 6.41 Å². The van der Waals surface area contributed by atoms with E-state index in [4.69, 9.17) is 14.5 Å². The van der Waals surface area contributed by atoms with Crippen molar-refractivity contribution in [1.82, 2.24) is 14.9 Å². The first kappa shape index (κ1) is 22.8. The maximum absolute atomic E-state index is 14.9. The summed E-state index contributed by atoms with van der Waals surface area (Å²) in [6, 6.07) is 3.04. The molecule has 0 radical (unpaired) electrons. The molecule has 3 aromatic rings. The molecule has 1 aliphatic carbocycles. The summed E-state index contributed by atoms with van der Waals surface area (Å²) < 4.78 is 27.3. The number of amides is 1. The summed E-state index contributed by atoms with van der Waals surface area (Å²) in [6.07, 6.45) is 0.341. The van der Waals surface area contributed by atoms with E-state index in [1.165, 1.54) is 6.07 Å². The number of carbonyl (C=O) groups excluding carboxylic acids is 2. The summed E-state index contributed by atoms with van der Waals surface area (Å²) in [7, 11) is 0. The smallest absolute Gasteiger partial charge is 0.340 e. The Labute approximate surface area is 204 Å². The van der Waals surface area contributed by atoms with Crippen LogP contribution in [0.4, 0.5) is 4.39 Å². The van der Waals surface area contributed by atoms with Crippen LogP contribution < -0.4 is 10.9 Å². The van der Waals surface area contributed by atoms with Crippen molar-refractivity contribution >= 4 is 23.3 Å². The fraction of sp³-hybridized carbons (Fsp3) is 0.385. The van der Waals surface area contributed by atoms with Gasteiger partial charge in [0.25, 0.3) is 5.56 Å². The lowest BCUT2D eigenvalue weighted by atomic mass is 9.69. The number of aliphatic hydroxyl groups is 1. The number of aliphatic hydroxyl groups excluding tert-OH is 1. The van der Waals surface area contributed by atoms with Crippen LogP contribution >= 0.6 is 0 Å². The third-order valence-corrected chi connectivity index (χ3v) is 7.79. The molecular weight excluding hydrogens is 469 g/mol. The molecule has 2 unspecified atom stereocenters. The molecule has 4 heterocycles. The highest BCUT2D eigenvalue weighted by Gasteiger charge is 2.41. The molecule has 1 aromatic carbocycles. The molecule has 10 heteroatoms. The lowest BCUT2D eigenvalue weighted by Gasteiger charge is -2.37. The van der Waals surface area contributed by atoms with Crippen LogP contribution in [0, 0.1) is 12.7 Å². The Morgan fingerprint density at radius 2 is 2.14 bits per heavy atom. The third kappa shape index (κ3) is 3.07. The molecule has 0 saturated carbocycles. The number of pyridine rings is 2. The summed E-state index contributed by atoms with van der Waals surface area (Å²) in [5.74, 6) is -1.15. The first-order valence-electron chi connectivity index (χ1n) is 11.8. The van der Waals surface area contributed by atoms with Gasteiger partial charge in [-0.15, -0.1) is 0 Å². The average molecular weight is 493 g/mol. The van der Waals surface area contributed by atoms with E-state index in [9.17, 15) is 23.9 Å². The number of nitrogens with zero attached hydrogens (tertiary/aromatic N) is 2. The maximum atomic E-state index is 14.9. The molecular formula is C26H24FN3O6. The van der Waals surface area contributed by atoms with E-state index in [1.54, 1.807) is 17.6 Å². The fourth-order valence-electron chi connectivity index (χ4n) is 5.95. The van der Waals surface area contributed by atoms with Crippen molar-refractivity contribution in [2.24, 2.45) is 0 Å². The average Bonchev–Trinajstić information content (AvgIpc) is 3.22. The SMILES string of the molecule is Cc1c(F)cc2nc3c(c4c2c1CCC4(C)COCNC=O)Cn1c-3cc2c(c1=O)COC(=O)C2O. The van der Waals surface area contributed by atoms with Gasteiger partial charge in [-0.3, -0.25) is 9.59 Å². The number of fused-ring (bicyclic) bond motifs is 5. The predicted molar refractivity (Wildman–Crippen MR) is 126 cm³/mol. The Kier molecular flexibility index (Phi) is 5.03. The number of esters is 1. The molecule has 2 atom stereocenters. The summed E-state index contributed by atoms with van der Waals surface area (Å²) in [5.41, 5.74) is 4.37. The topological polar surface area (TPSA) is 120 Å². The minimum absolute atomic E-state index is 0.0587. The van der Waals surface area contributed by atoms with Crippen LogP contribution in [0.3, 0.4) is 0 Å².